The summed E-state index contributed by atoms with van der Waals surface area (Å²) in [7, 11) is 0. The van der Waals surface area contributed by atoms with Gasteiger partial charge in [0.15, 0.2) is 0 Å². The third kappa shape index (κ3) is 4.22. The lowest BCUT2D eigenvalue weighted by molar-refractivity contribution is 0.0945. The van der Waals surface area contributed by atoms with Crippen LogP contribution in [0.15, 0.2) is 48.5 Å². The first kappa shape index (κ1) is 18.0. The molecule has 0 spiro atoms. The Hall–Kier alpha value is -2.84. The minimum Gasteiger partial charge on any atom is -0.455 e. The van der Waals surface area contributed by atoms with Crippen molar-refractivity contribution in [2.75, 3.05) is 26.2 Å². The Morgan fingerprint density at radius 1 is 1.23 bits per heavy atom. The molecule has 134 valence electrons. The van der Waals surface area contributed by atoms with Crippen LogP contribution in [0.4, 0.5) is 0 Å². The highest BCUT2D eigenvalue weighted by molar-refractivity contribution is 5.97. The molecule has 0 bridgehead atoms. The van der Waals surface area contributed by atoms with Crippen LogP contribution in [-0.2, 0) is 0 Å². The summed E-state index contributed by atoms with van der Waals surface area (Å²) in [6.45, 7) is 6.01. The average molecular weight is 349 g/mol. The SMILES string of the molecule is CCN1CC[C@H](CNC(=O)c2ccccc2Oc2ccccc2C#N)C1. The van der Waals surface area contributed by atoms with Crippen LogP contribution in [0.25, 0.3) is 0 Å². The van der Waals surface area contributed by atoms with Crippen molar-refractivity contribution in [3.05, 3.63) is 59.7 Å². The van der Waals surface area contributed by atoms with Gasteiger partial charge in [-0.25, -0.2) is 0 Å². The first-order valence-corrected chi connectivity index (χ1v) is 8.97. The van der Waals surface area contributed by atoms with Crippen LogP contribution in [0.3, 0.4) is 0 Å². The van der Waals surface area contributed by atoms with Gasteiger partial charge in [-0.2, -0.15) is 5.26 Å². The molecule has 0 aliphatic carbocycles. The number of hydrogen-bond acceptors (Lipinski definition) is 4. The second-order valence-electron chi connectivity index (χ2n) is 6.46. The number of amides is 1. The fourth-order valence-corrected chi connectivity index (χ4v) is 3.21. The molecule has 2 aromatic carbocycles. The highest BCUT2D eigenvalue weighted by atomic mass is 16.5. The van der Waals surface area contributed by atoms with Gasteiger partial charge in [-0.1, -0.05) is 31.2 Å². The number of hydrogen-bond donors (Lipinski definition) is 1. The van der Waals surface area contributed by atoms with Gasteiger partial charge >= 0.3 is 0 Å². The van der Waals surface area contributed by atoms with Gasteiger partial charge in [-0.05, 0) is 49.7 Å². The second-order valence-corrected chi connectivity index (χ2v) is 6.46. The summed E-state index contributed by atoms with van der Waals surface area (Å²) in [5, 5.41) is 12.2. The first-order chi connectivity index (χ1) is 12.7. The summed E-state index contributed by atoms with van der Waals surface area (Å²) in [6.07, 6.45) is 1.11. The summed E-state index contributed by atoms with van der Waals surface area (Å²) >= 11 is 0. The Morgan fingerprint density at radius 3 is 2.69 bits per heavy atom. The maximum absolute atomic E-state index is 12.6. The molecule has 5 nitrogen and oxygen atoms in total. The quantitative estimate of drug-likeness (QED) is 0.868. The summed E-state index contributed by atoms with van der Waals surface area (Å²) in [5.41, 5.74) is 0.916. The summed E-state index contributed by atoms with van der Waals surface area (Å²) in [5.74, 6) is 1.25. The maximum Gasteiger partial charge on any atom is 0.255 e. The zero-order valence-corrected chi connectivity index (χ0v) is 14.9. The Bertz CT molecular complexity index is 813. The van der Waals surface area contributed by atoms with E-state index in [1.54, 1.807) is 36.4 Å². The summed E-state index contributed by atoms with van der Waals surface area (Å²) in [6, 6.07) is 16.2. The van der Waals surface area contributed by atoms with Crippen LogP contribution in [0.5, 0.6) is 11.5 Å². The van der Waals surface area contributed by atoms with Crippen molar-refractivity contribution >= 4 is 5.91 Å². The molecule has 1 aliphatic rings. The van der Waals surface area contributed by atoms with Gasteiger partial charge < -0.3 is 15.0 Å². The van der Waals surface area contributed by atoms with Gasteiger partial charge in [0, 0.05) is 13.1 Å². The molecule has 3 rings (SSSR count). The van der Waals surface area contributed by atoms with Crippen molar-refractivity contribution in [3.8, 4) is 17.6 Å². The van der Waals surface area contributed by atoms with E-state index in [9.17, 15) is 10.1 Å². The van der Waals surface area contributed by atoms with Crippen LogP contribution >= 0.6 is 0 Å². The minimum atomic E-state index is -0.148. The fourth-order valence-electron chi connectivity index (χ4n) is 3.21. The molecule has 2 aromatic rings. The van der Waals surface area contributed by atoms with E-state index in [2.05, 4.69) is 23.2 Å². The molecule has 0 radical (unpaired) electrons. The third-order valence-electron chi connectivity index (χ3n) is 4.73. The molecular weight excluding hydrogens is 326 g/mol. The Balaban J connectivity index is 1.69. The Labute approximate surface area is 154 Å². The van der Waals surface area contributed by atoms with Gasteiger partial charge in [0.25, 0.3) is 5.91 Å². The van der Waals surface area contributed by atoms with E-state index < -0.39 is 0 Å². The van der Waals surface area contributed by atoms with E-state index in [1.165, 1.54) is 0 Å². The zero-order chi connectivity index (χ0) is 18.4. The molecule has 1 aliphatic heterocycles. The average Bonchev–Trinajstić information content (AvgIpc) is 3.15. The highest BCUT2D eigenvalue weighted by Crippen LogP contribution is 2.27. The standard InChI is InChI=1S/C21H23N3O2/c1-2-24-12-11-16(15-24)14-23-21(25)18-8-4-6-10-20(18)26-19-9-5-3-7-17(19)13-22/h3-10,16H,2,11-12,14-15H2,1H3,(H,23,25)/t16-/m1/s1. The Kier molecular flexibility index (Phi) is 5.88. The number of carbonyl (C=O) groups is 1. The molecule has 1 heterocycles. The van der Waals surface area contributed by atoms with E-state index in [4.69, 9.17) is 4.74 Å². The molecule has 26 heavy (non-hydrogen) atoms. The molecule has 1 atom stereocenters. The van der Waals surface area contributed by atoms with Crippen LogP contribution < -0.4 is 10.1 Å². The summed E-state index contributed by atoms with van der Waals surface area (Å²) < 4.78 is 5.87. The van der Waals surface area contributed by atoms with Gasteiger partial charge in [0.1, 0.15) is 17.6 Å². The van der Waals surface area contributed by atoms with Gasteiger partial charge in [-0.15, -0.1) is 0 Å². The smallest absolute Gasteiger partial charge is 0.255 e. The van der Waals surface area contributed by atoms with Gasteiger partial charge in [-0.3, -0.25) is 4.79 Å². The number of para-hydroxylation sites is 2. The number of nitriles is 1. The number of nitrogens with zero attached hydrogens (tertiary/aromatic N) is 2. The van der Waals surface area contributed by atoms with Crippen molar-refractivity contribution < 1.29 is 9.53 Å². The van der Waals surface area contributed by atoms with Crippen molar-refractivity contribution in [3.63, 3.8) is 0 Å². The molecule has 0 aromatic heterocycles. The highest BCUT2D eigenvalue weighted by Gasteiger charge is 2.22. The Morgan fingerprint density at radius 2 is 1.96 bits per heavy atom. The lowest BCUT2D eigenvalue weighted by Crippen LogP contribution is -2.31. The van der Waals surface area contributed by atoms with Crippen molar-refractivity contribution in [1.29, 1.82) is 5.26 Å². The van der Waals surface area contributed by atoms with E-state index in [1.807, 2.05) is 12.1 Å². The summed E-state index contributed by atoms with van der Waals surface area (Å²) in [4.78, 5) is 15.0. The van der Waals surface area contributed by atoms with E-state index in [0.717, 1.165) is 26.1 Å². The molecule has 1 N–H and O–H groups in total. The number of carbonyl (C=O) groups excluding carboxylic acids is 1. The molecule has 1 fully saturated rings. The number of rotatable bonds is 6. The topological polar surface area (TPSA) is 65.4 Å². The molecule has 1 amide bonds. The number of benzene rings is 2. The largest absolute Gasteiger partial charge is 0.455 e. The van der Waals surface area contributed by atoms with Gasteiger partial charge in [0.2, 0.25) is 0 Å². The molecule has 5 heteroatoms. The molecule has 1 saturated heterocycles. The molecule has 0 unspecified atom stereocenters. The van der Waals surface area contributed by atoms with Crippen LogP contribution in [0.2, 0.25) is 0 Å². The predicted octanol–water partition coefficient (Wildman–Crippen LogP) is 3.42. The van der Waals surface area contributed by atoms with E-state index in [0.29, 0.717) is 35.1 Å². The number of ether oxygens (including phenoxy) is 1. The monoisotopic (exact) mass is 349 g/mol. The van der Waals surface area contributed by atoms with E-state index >= 15 is 0 Å². The fraction of sp³-hybridized carbons (Fsp3) is 0.333. The lowest BCUT2D eigenvalue weighted by atomic mass is 10.1. The molecule has 0 saturated carbocycles. The molecular formula is C21H23N3O2. The lowest BCUT2D eigenvalue weighted by Gasteiger charge is -2.15. The normalized spacial score (nSPS) is 16.8. The number of likely N-dealkylation sites (tertiary alicyclic amines) is 1. The number of nitrogens with one attached hydrogen (secondary N) is 1. The van der Waals surface area contributed by atoms with Gasteiger partial charge in [0.05, 0.1) is 11.1 Å². The van der Waals surface area contributed by atoms with Crippen molar-refractivity contribution in [2.45, 2.75) is 13.3 Å². The minimum absolute atomic E-state index is 0.148. The van der Waals surface area contributed by atoms with Crippen molar-refractivity contribution in [1.82, 2.24) is 10.2 Å². The van der Waals surface area contributed by atoms with Crippen LogP contribution in [0, 0.1) is 17.2 Å². The third-order valence-corrected chi connectivity index (χ3v) is 4.73. The van der Waals surface area contributed by atoms with Crippen LogP contribution in [-0.4, -0.2) is 37.0 Å². The zero-order valence-electron chi connectivity index (χ0n) is 14.9. The predicted molar refractivity (Wildman–Crippen MR) is 100 cm³/mol. The second kappa shape index (κ2) is 8.50. The first-order valence-electron chi connectivity index (χ1n) is 8.97. The maximum atomic E-state index is 12.6. The van der Waals surface area contributed by atoms with Crippen LogP contribution in [0.1, 0.15) is 29.3 Å². The van der Waals surface area contributed by atoms with Crippen molar-refractivity contribution in [2.24, 2.45) is 5.92 Å². The van der Waals surface area contributed by atoms with E-state index in [-0.39, 0.29) is 5.91 Å².